The molecule has 1 aromatic carbocycles. The van der Waals surface area contributed by atoms with Crippen molar-refractivity contribution in [3.05, 3.63) is 35.4 Å². The molecule has 0 saturated carbocycles. The first-order valence-corrected chi connectivity index (χ1v) is 7.53. The van der Waals surface area contributed by atoms with Crippen LogP contribution in [-0.4, -0.2) is 12.3 Å². The molecule has 0 heterocycles. The number of hydrogen-bond donors (Lipinski definition) is 1. The van der Waals surface area contributed by atoms with Crippen LogP contribution in [0.25, 0.3) is 0 Å². The van der Waals surface area contributed by atoms with E-state index in [1.165, 1.54) is 18.4 Å². The van der Waals surface area contributed by atoms with E-state index >= 15 is 0 Å². The van der Waals surface area contributed by atoms with E-state index in [1.54, 1.807) is 0 Å². The predicted molar refractivity (Wildman–Crippen MR) is 81.5 cm³/mol. The average Bonchev–Trinajstić information content (AvgIpc) is 2.45. The minimum Gasteiger partial charge on any atom is -0.330 e. The minimum absolute atomic E-state index is 0.272. The zero-order valence-corrected chi connectivity index (χ0v) is 12.3. The van der Waals surface area contributed by atoms with Gasteiger partial charge in [0.15, 0.2) is 5.78 Å². The van der Waals surface area contributed by atoms with E-state index in [9.17, 15) is 4.79 Å². The summed E-state index contributed by atoms with van der Waals surface area (Å²) in [5, 5.41) is 0. The highest BCUT2D eigenvalue weighted by Crippen LogP contribution is 2.19. The number of rotatable bonds is 9. The molecule has 0 fully saturated rings. The molecule has 106 valence electrons. The van der Waals surface area contributed by atoms with E-state index in [4.69, 9.17) is 5.73 Å². The molecule has 0 aromatic heterocycles. The molecule has 0 aliphatic heterocycles. The SMILES string of the molecule is CCCC(CCN)CCC(=O)c1cccc(CC)c1. The highest BCUT2D eigenvalue weighted by molar-refractivity contribution is 5.96. The standard InChI is InChI=1S/C17H27NO/c1-3-6-15(11-12-18)9-10-17(19)16-8-5-7-14(4-2)13-16/h5,7-8,13,15H,3-4,6,9-12,18H2,1-2H3. The van der Waals surface area contributed by atoms with E-state index in [2.05, 4.69) is 19.9 Å². The van der Waals surface area contributed by atoms with Gasteiger partial charge in [0, 0.05) is 12.0 Å². The van der Waals surface area contributed by atoms with Crippen LogP contribution < -0.4 is 5.73 Å². The molecule has 0 bridgehead atoms. The van der Waals surface area contributed by atoms with Crippen molar-refractivity contribution in [3.63, 3.8) is 0 Å². The van der Waals surface area contributed by atoms with Gasteiger partial charge in [0.25, 0.3) is 0 Å². The predicted octanol–water partition coefficient (Wildman–Crippen LogP) is 3.98. The van der Waals surface area contributed by atoms with Gasteiger partial charge in [0.2, 0.25) is 0 Å². The monoisotopic (exact) mass is 261 g/mol. The van der Waals surface area contributed by atoms with Crippen molar-refractivity contribution in [2.75, 3.05) is 6.54 Å². The van der Waals surface area contributed by atoms with Crippen LogP contribution in [-0.2, 0) is 6.42 Å². The van der Waals surface area contributed by atoms with Crippen molar-refractivity contribution in [1.82, 2.24) is 0 Å². The molecule has 2 N–H and O–H groups in total. The quantitative estimate of drug-likeness (QED) is 0.683. The summed E-state index contributed by atoms with van der Waals surface area (Å²) in [7, 11) is 0. The van der Waals surface area contributed by atoms with E-state index < -0.39 is 0 Å². The van der Waals surface area contributed by atoms with Crippen LogP contribution in [0.4, 0.5) is 0 Å². The maximum atomic E-state index is 12.2. The van der Waals surface area contributed by atoms with Crippen LogP contribution >= 0.6 is 0 Å². The second-order valence-corrected chi connectivity index (χ2v) is 5.25. The summed E-state index contributed by atoms with van der Waals surface area (Å²) in [5.41, 5.74) is 7.73. The maximum absolute atomic E-state index is 12.2. The highest BCUT2D eigenvalue weighted by atomic mass is 16.1. The topological polar surface area (TPSA) is 43.1 Å². The van der Waals surface area contributed by atoms with E-state index in [0.717, 1.165) is 31.4 Å². The number of ketones is 1. The fourth-order valence-corrected chi connectivity index (χ4v) is 2.52. The zero-order chi connectivity index (χ0) is 14.1. The van der Waals surface area contributed by atoms with Crippen LogP contribution in [0.2, 0.25) is 0 Å². The molecule has 0 radical (unpaired) electrons. The van der Waals surface area contributed by atoms with E-state index in [0.29, 0.717) is 12.3 Å². The third-order valence-electron chi connectivity index (χ3n) is 3.71. The normalized spacial score (nSPS) is 12.4. The Morgan fingerprint density at radius 1 is 1.21 bits per heavy atom. The molecule has 0 aliphatic rings. The molecule has 2 nitrogen and oxygen atoms in total. The van der Waals surface area contributed by atoms with Crippen LogP contribution in [0.1, 0.15) is 61.9 Å². The summed E-state index contributed by atoms with van der Waals surface area (Å²) >= 11 is 0. The lowest BCUT2D eigenvalue weighted by Crippen LogP contribution is -2.11. The van der Waals surface area contributed by atoms with Crippen LogP contribution in [0.5, 0.6) is 0 Å². The van der Waals surface area contributed by atoms with Crippen molar-refractivity contribution in [2.24, 2.45) is 11.7 Å². The van der Waals surface area contributed by atoms with Gasteiger partial charge in [-0.05, 0) is 43.4 Å². The summed E-state index contributed by atoms with van der Waals surface area (Å²) < 4.78 is 0. The molecule has 2 heteroatoms. The number of aryl methyl sites for hydroxylation is 1. The summed E-state index contributed by atoms with van der Waals surface area (Å²) in [6.45, 7) is 5.03. The Labute approximate surface area is 117 Å². The van der Waals surface area contributed by atoms with E-state index in [-0.39, 0.29) is 5.78 Å². The molecule has 0 amide bonds. The molecule has 1 rings (SSSR count). The number of benzene rings is 1. The van der Waals surface area contributed by atoms with Gasteiger partial charge in [0.1, 0.15) is 0 Å². The van der Waals surface area contributed by atoms with Gasteiger partial charge in [-0.25, -0.2) is 0 Å². The lowest BCUT2D eigenvalue weighted by Gasteiger charge is -2.14. The van der Waals surface area contributed by atoms with Crippen molar-refractivity contribution >= 4 is 5.78 Å². The van der Waals surface area contributed by atoms with Crippen molar-refractivity contribution < 1.29 is 4.79 Å². The Kier molecular flexibility index (Phi) is 7.42. The number of nitrogens with two attached hydrogens (primary N) is 1. The number of carbonyl (C=O) groups excluding carboxylic acids is 1. The van der Waals surface area contributed by atoms with Gasteiger partial charge in [-0.15, -0.1) is 0 Å². The van der Waals surface area contributed by atoms with Gasteiger partial charge in [-0.2, -0.15) is 0 Å². The molecule has 0 spiro atoms. The lowest BCUT2D eigenvalue weighted by molar-refractivity contribution is 0.0972. The molecule has 1 unspecified atom stereocenters. The molecule has 19 heavy (non-hydrogen) atoms. The summed E-state index contributed by atoms with van der Waals surface area (Å²) in [6, 6.07) is 8.01. The van der Waals surface area contributed by atoms with Crippen LogP contribution in [0.3, 0.4) is 0 Å². The third-order valence-corrected chi connectivity index (χ3v) is 3.71. The molecular weight excluding hydrogens is 234 g/mol. The summed E-state index contributed by atoms with van der Waals surface area (Å²) in [4.78, 5) is 12.2. The van der Waals surface area contributed by atoms with E-state index in [1.807, 2.05) is 18.2 Å². The fourth-order valence-electron chi connectivity index (χ4n) is 2.52. The largest absolute Gasteiger partial charge is 0.330 e. The second-order valence-electron chi connectivity index (χ2n) is 5.25. The Bertz CT molecular complexity index is 381. The third kappa shape index (κ3) is 5.56. The van der Waals surface area contributed by atoms with Crippen molar-refractivity contribution in [1.29, 1.82) is 0 Å². The first-order chi connectivity index (χ1) is 9.21. The number of Topliss-reactive ketones (excluding diaryl/α,β-unsaturated/α-hetero) is 1. The average molecular weight is 261 g/mol. The lowest BCUT2D eigenvalue weighted by atomic mass is 9.92. The minimum atomic E-state index is 0.272. The first-order valence-electron chi connectivity index (χ1n) is 7.53. The molecule has 1 aromatic rings. The van der Waals surface area contributed by atoms with Crippen LogP contribution in [0, 0.1) is 5.92 Å². The van der Waals surface area contributed by atoms with Gasteiger partial charge < -0.3 is 5.73 Å². The van der Waals surface area contributed by atoms with Crippen molar-refractivity contribution in [2.45, 2.75) is 52.4 Å². The Morgan fingerprint density at radius 3 is 2.63 bits per heavy atom. The summed E-state index contributed by atoms with van der Waals surface area (Å²) in [6.07, 6.45) is 5.99. The molecule has 0 saturated heterocycles. The first kappa shape index (κ1) is 15.9. The summed E-state index contributed by atoms with van der Waals surface area (Å²) in [5.74, 6) is 0.877. The Morgan fingerprint density at radius 2 is 2.00 bits per heavy atom. The number of hydrogen-bond acceptors (Lipinski definition) is 2. The van der Waals surface area contributed by atoms with Crippen molar-refractivity contribution in [3.8, 4) is 0 Å². The molecule has 1 atom stereocenters. The Hall–Kier alpha value is -1.15. The van der Waals surface area contributed by atoms with Crippen LogP contribution in [0.15, 0.2) is 24.3 Å². The van der Waals surface area contributed by atoms with Gasteiger partial charge >= 0.3 is 0 Å². The van der Waals surface area contributed by atoms with Gasteiger partial charge in [0.05, 0.1) is 0 Å². The zero-order valence-electron chi connectivity index (χ0n) is 12.3. The smallest absolute Gasteiger partial charge is 0.162 e. The maximum Gasteiger partial charge on any atom is 0.162 e. The van der Waals surface area contributed by atoms with Gasteiger partial charge in [-0.1, -0.05) is 44.9 Å². The van der Waals surface area contributed by atoms with Gasteiger partial charge in [-0.3, -0.25) is 4.79 Å². The number of carbonyl (C=O) groups is 1. The highest BCUT2D eigenvalue weighted by Gasteiger charge is 2.11. The molecular formula is C17H27NO. The second kappa shape index (κ2) is 8.87. The molecule has 0 aliphatic carbocycles. The fraction of sp³-hybridized carbons (Fsp3) is 0.588. The Balaban J connectivity index is 2.53.